The molecule has 4 aliphatic heterocycles. The maximum absolute atomic E-state index is 14.5. The van der Waals surface area contributed by atoms with Gasteiger partial charge in [-0.1, -0.05) is 48.5 Å². The van der Waals surface area contributed by atoms with Crippen LogP contribution in [-0.2, 0) is 57.0 Å². The van der Waals surface area contributed by atoms with Crippen molar-refractivity contribution in [1.29, 1.82) is 0 Å². The van der Waals surface area contributed by atoms with Crippen LogP contribution in [0.3, 0.4) is 0 Å². The number of nitrogens with zero attached hydrogens (tertiary/aromatic N) is 2. The van der Waals surface area contributed by atoms with Gasteiger partial charge in [0.05, 0.1) is 88.6 Å². The molecule has 0 bridgehead atoms. The van der Waals surface area contributed by atoms with E-state index in [9.17, 15) is 9.59 Å². The van der Waals surface area contributed by atoms with E-state index in [4.69, 9.17) is 47.4 Å². The first-order valence-corrected chi connectivity index (χ1v) is 17.2. The van der Waals surface area contributed by atoms with E-state index in [0.717, 1.165) is 11.1 Å². The van der Waals surface area contributed by atoms with Crippen LogP contribution in [-0.4, -0.2) is 115 Å². The molecule has 0 radical (unpaired) electrons. The second-order valence-electron chi connectivity index (χ2n) is 11.8. The molecule has 2 amide bonds. The Morgan fingerprint density at radius 2 is 0.808 bits per heavy atom. The maximum Gasteiger partial charge on any atom is 0.266 e. The summed E-state index contributed by atoms with van der Waals surface area (Å²) in [6, 6.07) is 14.9. The van der Waals surface area contributed by atoms with Crippen molar-refractivity contribution in [2.45, 2.75) is 12.6 Å². The number of carbonyl (C=O) groups is 2. The molecule has 0 atom stereocenters. The fraction of sp³-hybridized carbons (Fsp3) is 0.421. The van der Waals surface area contributed by atoms with Gasteiger partial charge < -0.3 is 57.2 Å². The quantitative estimate of drug-likeness (QED) is 0.164. The summed E-state index contributed by atoms with van der Waals surface area (Å²) < 4.78 is 54.8. The zero-order chi connectivity index (χ0) is 36.1. The van der Waals surface area contributed by atoms with E-state index in [1.165, 1.54) is 25.0 Å². The van der Waals surface area contributed by atoms with Crippen LogP contribution in [0.4, 0.5) is 0 Å². The molecule has 52 heavy (non-hydrogen) atoms. The minimum absolute atomic E-state index is 0.217. The van der Waals surface area contributed by atoms with E-state index in [-0.39, 0.29) is 38.1 Å². The highest BCUT2D eigenvalue weighted by Gasteiger charge is 2.48. The summed E-state index contributed by atoms with van der Waals surface area (Å²) in [5, 5.41) is 0. The lowest BCUT2D eigenvalue weighted by Crippen LogP contribution is -2.33. The fourth-order valence-corrected chi connectivity index (χ4v) is 6.05. The van der Waals surface area contributed by atoms with Crippen molar-refractivity contribution in [3.05, 3.63) is 107 Å². The van der Waals surface area contributed by atoms with Gasteiger partial charge in [0, 0.05) is 38.4 Å². The van der Waals surface area contributed by atoms with Crippen molar-refractivity contribution in [2.24, 2.45) is 0 Å². The topological polar surface area (TPSA) is 133 Å². The molecule has 0 saturated carbocycles. The number of hydrogen-bond donors (Lipinski definition) is 0. The van der Waals surface area contributed by atoms with Gasteiger partial charge in [-0.25, -0.2) is 0 Å². The molecule has 6 rings (SSSR count). The van der Waals surface area contributed by atoms with Crippen molar-refractivity contribution in [1.82, 2.24) is 9.80 Å². The van der Waals surface area contributed by atoms with Crippen LogP contribution in [0.5, 0.6) is 0 Å². The van der Waals surface area contributed by atoms with Gasteiger partial charge in [-0.15, -0.1) is 0 Å². The molecule has 0 unspecified atom stereocenters. The van der Waals surface area contributed by atoms with Gasteiger partial charge in [0.1, 0.15) is 25.0 Å². The van der Waals surface area contributed by atoms with Gasteiger partial charge in [0.2, 0.25) is 0 Å². The molecule has 278 valence electrons. The standard InChI is InChI=1S/C38H44N2O12/c1-43-15-17-47-21-19-45-13-11-39-33(27-3-7-29(8-4-27)37-49-23-24-50-37)31-32(35(39)41)34(28-5-9-30(10-6-28)38-51-25-26-52-38)40(36(31)42)12-14-46-20-22-48-18-16-44-2/h3-10,23-26,37-38H,11-22H2,1-2H3. The van der Waals surface area contributed by atoms with E-state index in [0.29, 0.717) is 86.5 Å². The minimum atomic E-state index is -0.567. The first-order valence-electron chi connectivity index (χ1n) is 17.2. The van der Waals surface area contributed by atoms with Crippen molar-refractivity contribution in [3.8, 4) is 0 Å². The van der Waals surface area contributed by atoms with Crippen LogP contribution in [0.25, 0.3) is 11.4 Å². The average Bonchev–Trinajstić information content (AvgIpc) is 3.99. The summed E-state index contributed by atoms with van der Waals surface area (Å²) in [4.78, 5) is 32.3. The fourth-order valence-electron chi connectivity index (χ4n) is 6.05. The highest BCUT2D eigenvalue weighted by Crippen LogP contribution is 2.46. The Morgan fingerprint density at radius 1 is 0.481 bits per heavy atom. The average molecular weight is 721 g/mol. The van der Waals surface area contributed by atoms with E-state index < -0.39 is 12.6 Å². The maximum atomic E-state index is 14.5. The molecular formula is C38H44N2O12. The second-order valence-corrected chi connectivity index (χ2v) is 11.8. The Hall–Kier alpha value is -4.70. The van der Waals surface area contributed by atoms with E-state index in [2.05, 4.69) is 0 Å². The largest absolute Gasteiger partial charge is 0.455 e. The minimum Gasteiger partial charge on any atom is -0.455 e. The Bertz CT molecular complexity index is 1500. The lowest BCUT2D eigenvalue weighted by molar-refractivity contribution is -0.124. The van der Waals surface area contributed by atoms with E-state index in [1.807, 2.05) is 48.5 Å². The lowest BCUT2D eigenvalue weighted by atomic mass is 10.0. The van der Waals surface area contributed by atoms with Crippen molar-refractivity contribution >= 4 is 23.2 Å². The van der Waals surface area contributed by atoms with Crippen LogP contribution in [0.15, 0.2) is 84.7 Å². The molecule has 0 fully saturated rings. The van der Waals surface area contributed by atoms with Gasteiger partial charge >= 0.3 is 0 Å². The summed E-state index contributed by atoms with van der Waals surface area (Å²) in [5.41, 5.74) is 4.61. The first kappa shape index (κ1) is 37.1. The van der Waals surface area contributed by atoms with Crippen LogP contribution in [0.1, 0.15) is 34.8 Å². The third-order valence-corrected chi connectivity index (χ3v) is 8.54. The summed E-state index contributed by atoms with van der Waals surface area (Å²) in [6.07, 6.45) is 4.82. The Balaban J connectivity index is 1.29. The predicted molar refractivity (Wildman–Crippen MR) is 185 cm³/mol. The van der Waals surface area contributed by atoms with Crippen molar-refractivity contribution in [3.63, 3.8) is 0 Å². The summed E-state index contributed by atoms with van der Waals surface area (Å²) >= 11 is 0. The molecule has 14 heteroatoms. The van der Waals surface area contributed by atoms with Crippen molar-refractivity contribution < 1.29 is 57.0 Å². The van der Waals surface area contributed by atoms with Gasteiger partial charge in [-0.2, -0.15) is 0 Å². The smallest absolute Gasteiger partial charge is 0.266 e. The van der Waals surface area contributed by atoms with Crippen LogP contribution >= 0.6 is 0 Å². The number of hydrogen-bond acceptors (Lipinski definition) is 12. The molecule has 4 heterocycles. The molecule has 0 aliphatic carbocycles. The zero-order valence-corrected chi connectivity index (χ0v) is 29.4. The van der Waals surface area contributed by atoms with Gasteiger partial charge in [-0.05, 0) is 11.1 Å². The molecular weight excluding hydrogens is 676 g/mol. The number of fused-ring (bicyclic) bond motifs is 1. The second kappa shape index (κ2) is 18.7. The third-order valence-electron chi connectivity index (χ3n) is 8.54. The first-order chi connectivity index (χ1) is 25.6. The molecule has 4 aliphatic rings. The zero-order valence-electron chi connectivity index (χ0n) is 29.4. The Labute approximate surface area is 302 Å². The number of amides is 2. The number of carbonyl (C=O) groups excluding carboxylic acids is 2. The molecule has 0 saturated heterocycles. The van der Waals surface area contributed by atoms with Crippen LogP contribution in [0.2, 0.25) is 0 Å². The molecule has 0 spiro atoms. The molecule has 0 aromatic heterocycles. The lowest BCUT2D eigenvalue weighted by Gasteiger charge is -2.25. The predicted octanol–water partition coefficient (Wildman–Crippen LogP) is 3.89. The number of rotatable bonds is 22. The normalized spacial score (nSPS) is 17.0. The summed E-state index contributed by atoms with van der Waals surface area (Å²) in [6.45, 7) is 4.27. The van der Waals surface area contributed by atoms with Crippen LogP contribution in [0, 0.1) is 0 Å². The highest BCUT2D eigenvalue weighted by atomic mass is 16.7. The number of methoxy groups -OCH3 is 2. The van der Waals surface area contributed by atoms with Gasteiger partial charge in [0.15, 0.2) is 0 Å². The van der Waals surface area contributed by atoms with E-state index >= 15 is 0 Å². The van der Waals surface area contributed by atoms with Gasteiger partial charge in [-0.3, -0.25) is 9.59 Å². The highest BCUT2D eigenvalue weighted by molar-refractivity contribution is 6.30. The third kappa shape index (κ3) is 8.66. The molecule has 2 aromatic rings. The number of ether oxygens (including phenoxy) is 10. The van der Waals surface area contributed by atoms with E-state index in [1.54, 1.807) is 24.0 Å². The monoisotopic (exact) mass is 720 g/mol. The summed E-state index contributed by atoms with van der Waals surface area (Å²) in [5.74, 6) is -0.593. The molecule has 0 N–H and O–H groups in total. The van der Waals surface area contributed by atoms with Crippen molar-refractivity contribution in [2.75, 3.05) is 93.4 Å². The molecule has 2 aromatic carbocycles. The Kier molecular flexibility index (Phi) is 13.3. The number of benzene rings is 2. The summed E-state index contributed by atoms with van der Waals surface area (Å²) in [7, 11) is 3.23. The van der Waals surface area contributed by atoms with Crippen LogP contribution < -0.4 is 0 Å². The SMILES string of the molecule is COCCOCCOCCN1C(=O)C2=C(c3ccc(C4OC=CO4)cc3)N(CCOCCOCCOC)C(=O)C2=C1c1ccc(C2OC=CO2)cc1. The molecule has 14 nitrogen and oxygen atoms in total. The Morgan fingerprint density at radius 3 is 1.15 bits per heavy atom. The van der Waals surface area contributed by atoms with Gasteiger partial charge in [0.25, 0.3) is 24.4 Å².